The molecule has 1 fully saturated rings. The zero-order valence-electron chi connectivity index (χ0n) is 8.85. The van der Waals surface area contributed by atoms with Crippen LogP contribution in [0.4, 0.5) is 5.82 Å². The predicted molar refractivity (Wildman–Crippen MR) is 58.7 cm³/mol. The molecule has 0 radical (unpaired) electrons. The van der Waals surface area contributed by atoms with Crippen LogP contribution in [0, 0.1) is 0 Å². The molecule has 1 aromatic rings. The van der Waals surface area contributed by atoms with Gasteiger partial charge >= 0.3 is 5.97 Å². The van der Waals surface area contributed by atoms with Crippen molar-refractivity contribution in [3.63, 3.8) is 0 Å². The largest absolute Gasteiger partial charge is 0.477 e. The summed E-state index contributed by atoms with van der Waals surface area (Å²) in [5.74, 6) is -0.434. The van der Waals surface area contributed by atoms with Crippen LogP contribution in [0.15, 0.2) is 18.2 Å². The van der Waals surface area contributed by atoms with Crippen molar-refractivity contribution in [2.75, 3.05) is 18.5 Å². The molecule has 1 aliphatic heterocycles. The van der Waals surface area contributed by atoms with Crippen LogP contribution in [0.5, 0.6) is 0 Å². The van der Waals surface area contributed by atoms with E-state index in [1.807, 2.05) is 0 Å². The fraction of sp³-hybridized carbons (Fsp3) is 0.455. The van der Waals surface area contributed by atoms with E-state index in [9.17, 15) is 4.79 Å². The first-order valence-corrected chi connectivity index (χ1v) is 5.31. The number of carboxylic acid groups (broad SMARTS) is 1. The van der Waals surface area contributed by atoms with Gasteiger partial charge in [0.25, 0.3) is 0 Å². The first-order valence-electron chi connectivity index (χ1n) is 5.31. The number of anilines is 1. The average Bonchev–Trinajstić information content (AvgIpc) is 2.79. The first-order chi connectivity index (χ1) is 7.75. The number of carboxylic acids is 1. The van der Waals surface area contributed by atoms with Gasteiger partial charge in [-0.15, -0.1) is 0 Å². The lowest BCUT2D eigenvalue weighted by atomic mass is 10.2. The van der Waals surface area contributed by atoms with Crippen molar-refractivity contribution in [3.05, 3.63) is 23.9 Å². The Bertz CT molecular complexity index is 375. The summed E-state index contributed by atoms with van der Waals surface area (Å²) in [6, 6.07) is 4.90. The molecule has 1 saturated heterocycles. The Labute approximate surface area is 93.5 Å². The lowest BCUT2D eigenvalue weighted by Gasteiger charge is -2.11. The molecule has 2 rings (SSSR count). The summed E-state index contributed by atoms with van der Waals surface area (Å²) >= 11 is 0. The van der Waals surface area contributed by atoms with Gasteiger partial charge in [0, 0.05) is 13.2 Å². The zero-order valence-corrected chi connectivity index (χ0v) is 8.85. The van der Waals surface area contributed by atoms with Crippen LogP contribution < -0.4 is 5.32 Å². The summed E-state index contributed by atoms with van der Waals surface area (Å²) in [7, 11) is 0. The van der Waals surface area contributed by atoms with E-state index in [1.54, 1.807) is 12.1 Å². The molecule has 0 bridgehead atoms. The van der Waals surface area contributed by atoms with Crippen molar-refractivity contribution >= 4 is 11.8 Å². The molecule has 2 N–H and O–H groups in total. The number of hydrogen-bond acceptors (Lipinski definition) is 4. The van der Waals surface area contributed by atoms with E-state index in [0.717, 1.165) is 19.4 Å². The minimum atomic E-state index is -1.01. The highest BCUT2D eigenvalue weighted by molar-refractivity contribution is 5.85. The lowest BCUT2D eigenvalue weighted by molar-refractivity contribution is 0.0690. The maximum absolute atomic E-state index is 10.7. The van der Waals surface area contributed by atoms with Gasteiger partial charge in [0.1, 0.15) is 5.82 Å². The normalized spacial score (nSPS) is 19.6. The van der Waals surface area contributed by atoms with Crippen LogP contribution in [-0.4, -0.2) is 35.3 Å². The second-order valence-electron chi connectivity index (χ2n) is 3.73. The minimum absolute atomic E-state index is 0.0531. The Morgan fingerprint density at radius 3 is 3.19 bits per heavy atom. The Hall–Kier alpha value is -1.62. The third-order valence-electron chi connectivity index (χ3n) is 2.50. The minimum Gasteiger partial charge on any atom is -0.477 e. The Morgan fingerprint density at radius 1 is 1.62 bits per heavy atom. The van der Waals surface area contributed by atoms with Gasteiger partial charge in [-0.05, 0) is 25.0 Å². The Morgan fingerprint density at radius 2 is 2.50 bits per heavy atom. The second kappa shape index (κ2) is 4.94. The molecule has 86 valence electrons. The van der Waals surface area contributed by atoms with E-state index in [0.29, 0.717) is 12.4 Å². The lowest BCUT2D eigenvalue weighted by Crippen LogP contribution is -2.19. The molecular weight excluding hydrogens is 208 g/mol. The highest BCUT2D eigenvalue weighted by Crippen LogP contribution is 2.13. The number of aromatic nitrogens is 1. The Kier molecular flexibility index (Phi) is 3.36. The Balaban J connectivity index is 1.93. The number of nitrogens with one attached hydrogen (secondary N) is 1. The second-order valence-corrected chi connectivity index (χ2v) is 3.73. The van der Waals surface area contributed by atoms with Gasteiger partial charge in [-0.25, -0.2) is 9.78 Å². The molecule has 0 aromatic carbocycles. The maximum Gasteiger partial charge on any atom is 0.354 e. The van der Waals surface area contributed by atoms with Gasteiger partial charge in [0.05, 0.1) is 6.10 Å². The first kappa shape index (κ1) is 10.9. The van der Waals surface area contributed by atoms with Gasteiger partial charge in [0.2, 0.25) is 0 Å². The molecular formula is C11H14N2O3. The summed E-state index contributed by atoms with van der Waals surface area (Å²) in [5, 5.41) is 11.9. The van der Waals surface area contributed by atoms with Crippen LogP contribution in [0.25, 0.3) is 0 Å². The van der Waals surface area contributed by atoms with Crippen molar-refractivity contribution in [1.29, 1.82) is 0 Å². The topological polar surface area (TPSA) is 71.5 Å². The number of aromatic carboxylic acids is 1. The molecule has 1 atom stereocenters. The summed E-state index contributed by atoms with van der Waals surface area (Å²) in [6.45, 7) is 1.49. The highest BCUT2D eigenvalue weighted by atomic mass is 16.5. The molecule has 5 nitrogen and oxygen atoms in total. The van der Waals surface area contributed by atoms with E-state index in [-0.39, 0.29) is 11.8 Å². The van der Waals surface area contributed by atoms with Gasteiger partial charge in [-0.3, -0.25) is 0 Å². The van der Waals surface area contributed by atoms with Crippen molar-refractivity contribution in [2.24, 2.45) is 0 Å². The van der Waals surface area contributed by atoms with E-state index >= 15 is 0 Å². The third-order valence-corrected chi connectivity index (χ3v) is 2.50. The number of pyridine rings is 1. The predicted octanol–water partition coefficient (Wildman–Crippen LogP) is 1.37. The van der Waals surface area contributed by atoms with E-state index in [4.69, 9.17) is 9.84 Å². The van der Waals surface area contributed by atoms with Crippen molar-refractivity contribution in [2.45, 2.75) is 18.9 Å². The molecule has 2 heterocycles. The third kappa shape index (κ3) is 2.70. The fourth-order valence-electron chi connectivity index (χ4n) is 1.68. The monoisotopic (exact) mass is 222 g/mol. The standard InChI is InChI=1S/C11H14N2O3/c14-11(15)9-4-1-5-10(13-9)12-7-8-3-2-6-16-8/h1,4-5,8H,2-3,6-7H2,(H,12,13)(H,14,15)/t8-/m0/s1. The van der Waals surface area contributed by atoms with Crippen LogP contribution in [0.3, 0.4) is 0 Å². The number of carbonyl (C=O) groups is 1. The fourth-order valence-corrected chi connectivity index (χ4v) is 1.68. The van der Waals surface area contributed by atoms with E-state index in [2.05, 4.69) is 10.3 Å². The zero-order chi connectivity index (χ0) is 11.4. The number of nitrogens with zero attached hydrogens (tertiary/aromatic N) is 1. The number of hydrogen-bond donors (Lipinski definition) is 2. The van der Waals surface area contributed by atoms with E-state index < -0.39 is 5.97 Å². The molecule has 5 heteroatoms. The SMILES string of the molecule is O=C(O)c1cccc(NC[C@@H]2CCCO2)n1. The van der Waals surface area contributed by atoms with Gasteiger partial charge in [-0.2, -0.15) is 0 Å². The highest BCUT2D eigenvalue weighted by Gasteiger charge is 2.15. The van der Waals surface area contributed by atoms with Gasteiger partial charge in [-0.1, -0.05) is 6.07 Å². The van der Waals surface area contributed by atoms with Crippen molar-refractivity contribution in [1.82, 2.24) is 4.98 Å². The quantitative estimate of drug-likeness (QED) is 0.805. The average molecular weight is 222 g/mol. The summed E-state index contributed by atoms with van der Waals surface area (Å²) in [4.78, 5) is 14.7. The molecule has 0 saturated carbocycles. The summed E-state index contributed by atoms with van der Waals surface area (Å²) < 4.78 is 5.45. The summed E-state index contributed by atoms with van der Waals surface area (Å²) in [6.07, 6.45) is 2.36. The molecule has 16 heavy (non-hydrogen) atoms. The van der Waals surface area contributed by atoms with Crippen LogP contribution >= 0.6 is 0 Å². The molecule has 1 aromatic heterocycles. The summed E-state index contributed by atoms with van der Waals surface area (Å²) in [5.41, 5.74) is 0.0531. The smallest absolute Gasteiger partial charge is 0.354 e. The molecule has 0 unspecified atom stereocenters. The molecule has 0 amide bonds. The van der Waals surface area contributed by atoms with Gasteiger partial charge in [0.15, 0.2) is 5.69 Å². The van der Waals surface area contributed by atoms with Crippen LogP contribution in [0.2, 0.25) is 0 Å². The molecule has 0 aliphatic carbocycles. The van der Waals surface area contributed by atoms with E-state index in [1.165, 1.54) is 6.07 Å². The van der Waals surface area contributed by atoms with Crippen molar-refractivity contribution in [3.8, 4) is 0 Å². The van der Waals surface area contributed by atoms with Crippen LogP contribution in [-0.2, 0) is 4.74 Å². The number of ether oxygens (including phenoxy) is 1. The van der Waals surface area contributed by atoms with Crippen LogP contribution in [0.1, 0.15) is 23.3 Å². The number of rotatable bonds is 4. The van der Waals surface area contributed by atoms with Crippen molar-refractivity contribution < 1.29 is 14.6 Å². The maximum atomic E-state index is 10.7. The molecule has 0 spiro atoms. The van der Waals surface area contributed by atoms with Gasteiger partial charge < -0.3 is 15.2 Å². The molecule has 1 aliphatic rings.